The molecule has 0 N–H and O–H groups in total. The lowest BCUT2D eigenvalue weighted by atomic mass is 9.95. The number of rotatable bonds is 1. The van der Waals surface area contributed by atoms with Gasteiger partial charge in [-0.1, -0.05) is 0 Å². The smallest absolute Gasteiger partial charge is 0.141 e. The summed E-state index contributed by atoms with van der Waals surface area (Å²) in [6.07, 6.45) is 0.694. The highest BCUT2D eigenvalue weighted by Crippen LogP contribution is 2.25. The highest BCUT2D eigenvalue weighted by atomic mass is 19.2. The molecule has 0 aromatic heterocycles. The van der Waals surface area contributed by atoms with Gasteiger partial charge in [-0.2, -0.15) is 0 Å². The highest BCUT2D eigenvalue weighted by Gasteiger charge is 2.33. The van der Waals surface area contributed by atoms with Crippen molar-refractivity contribution >= 4 is 0 Å². The summed E-state index contributed by atoms with van der Waals surface area (Å²) < 4.78 is 25.1. The zero-order chi connectivity index (χ0) is 7.61. The molecule has 60 valence electrons. The van der Waals surface area contributed by atoms with E-state index in [0.29, 0.717) is 25.9 Å². The van der Waals surface area contributed by atoms with E-state index in [1.807, 2.05) is 11.9 Å². The number of piperidine rings is 1. The Morgan fingerprint density at radius 1 is 1.40 bits per heavy atom. The maximum Gasteiger partial charge on any atom is 0.141 e. The molecule has 1 fully saturated rings. The van der Waals surface area contributed by atoms with Crippen LogP contribution in [-0.4, -0.2) is 37.4 Å². The second-order valence-corrected chi connectivity index (χ2v) is 3.09. The van der Waals surface area contributed by atoms with Gasteiger partial charge in [0, 0.05) is 13.1 Å². The molecular formula is C7H13F2N. The van der Waals surface area contributed by atoms with Gasteiger partial charge in [0.25, 0.3) is 0 Å². The van der Waals surface area contributed by atoms with Crippen LogP contribution in [0.5, 0.6) is 0 Å². The minimum Gasteiger partial charge on any atom is -0.306 e. The van der Waals surface area contributed by atoms with Gasteiger partial charge in [0.2, 0.25) is 0 Å². The summed E-state index contributed by atoms with van der Waals surface area (Å²) >= 11 is 0. The summed E-state index contributed by atoms with van der Waals surface area (Å²) in [5.41, 5.74) is -1.51. The van der Waals surface area contributed by atoms with Crippen molar-refractivity contribution in [3.05, 3.63) is 0 Å². The topological polar surface area (TPSA) is 3.24 Å². The van der Waals surface area contributed by atoms with E-state index in [2.05, 4.69) is 0 Å². The first-order chi connectivity index (χ1) is 4.66. The van der Waals surface area contributed by atoms with E-state index in [4.69, 9.17) is 0 Å². The zero-order valence-electron chi connectivity index (χ0n) is 6.24. The minimum atomic E-state index is -1.51. The second-order valence-electron chi connectivity index (χ2n) is 3.09. The maximum absolute atomic E-state index is 13.1. The Balaban J connectivity index is 2.38. The van der Waals surface area contributed by atoms with Gasteiger partial charge in [0.1, 0.15) is 12.3 Å². The predicted molar refractivity (Wildman–Crippen MR) is 36.5 cm³/mol. The van der Waals surface area contributed by atoms with E-state index < -0.39 is 12.3 Å². The van der Waals surface area contributed by atoms with E-state index in [9.17, 15) is 8.78 Å². The van der Waals surface area contributed by atoms with Gasteiger partial charge in [-0.25, -0.2) is 8.78 Å². The second kappa shape index (κ2) is 2.82. The first-order valence-corrected chi connectivity index (χ1v) is 3.60. The molecule has 1 saturated heterocycles. The minimum absolute atomic E-state index is 0.347. The molecule has 1 heterocycles. The highest BCUT2D eigenvalue weighted by molar-refractivity contribution is 4.84. The molecule has 0 bridgehead atoms. The number of hydrogen-bond donors (Lipinski definition) is 0. The van der Waals surface area contributed by atoms with Gasteiger partial charge in [-0.3, -0.25) is 0 Å². The number of alkyl halides is 2. The molecule has 0 aliphatic carbocycles. The van der Waals surface area contributed by atoms with Crippen LogP contribution in [0.15, 0.2) is 0 Å². The van der Waals surface area contributed by atoms with Gasteiger partial charge >= 0.3 is 0 Å². The third kappa shape index (κ3) is 1.66. The van der Waals surface area contributed by atoms with Crippen LogP contribution in [0, 0.1) is 0 Å². The first-order valence-electron chi connectivity index (χ1n) is 3.60. The van der Waals surface area contributed by atoms with Crippen LogP contribution in [0.4, 0.5) is 8.78 Å². The van der Waals surface area contributed by atoms with Gasteiger partial charge in [0.15, 0.2) is 0 Å². The van der Waals surface area contributed by atoms with Crippen molar-refractivity contribution < 1.29 is 8.78 Å². The van der Waals surface area contributed by atoms with Crippen molar-refractivity contribution in [2.45, 2.75) is 18.5 Å². The molecule has 0 saturated carbocycles. The molecule has 1 aliphatic rings. The number of nitrogens with zero attached hydrogens (tertiary/aromatic N) is 1. The third-order valence-electron chi connectivity index (χ3n) is 2.12. The molecule has 0 aromatic carbocycles. The molecular weight excluding hydrogens is 136 g/mol. The molecule has 10 heavy (non-hydrogen) atoms. The fourth-order valence-corrected chi connectivity index (χ4v) is 1.15. The maximum atomic E-state index is 13.1. The van der Waals surface area contributed by atoms with Crippen LogP contribution in [-0.2, 0) is 0 Å². The lowest BCUT2D eigenvalue weighted by molar-refractivity contribution is 0.0454. The van der Waals surface area contributed by atoms with Gasteiger partial charge in [0.05, 0.1) is 0 Å². The number of likely N-dealkylation sites (tertiary alicyclic amines) is 1. The molecule has 1 nitrogen and oxygen atoms in total. The largest absolute Gasteiger partial charge is 0.306 e. The average molecular weight is 149 g/mol. The van der Waals surface area contributed by atoms with Gasteiger partial charge in [-0.05, 0) is 19.9 Å². The zero-order valence-corrected chi connectivity index (χ0v) is 6.24. The molecule has 1 aliphatic heterocycles. The van der Waals surface area contributed by atoms with Crippen LogP contribution in [0.2, 0.25) is 0 Å². The molecule has 1 rings (SSSR count). The van der Waals surface area contributed by atoms with Crippen LogP contribution in [0.3, 0.4) is 0 Å². The van der Waals surface area contributed by atoms with Crippen molar-refractivity contribution in [2.75, 3.05) is 26.8 Å². The molecule has 3 heteroatoms. The summed E-state index contributed by atoms with van der Waals surface area (Å²) in [6.45, 7) is 0.543. The van der Waals surface area contributed by atoms with E-state index in [0.717, 1.165) is 0 Å². The Hall–Kier alpha value is -0.180. The lowest BCUT2D eigenvalue weighted by Gasteiger charge is -2.32. The molecule has 0 aromatic rings. The lowest BCUT2D eigenvalue weighted by Crippen LogP contribution is -2.41. The van der Waals surface area contributed by atoms with Crippen LogP contribution < -0.4 is 0 Å². The Kier molecular flexibility index (Phi) is 2.24. The Bertz CT molecular complexity index is 108. The summed E-state index contributed by atoms with van der Waals surface area (Å²) in [7, 11) is 1.93. The fraction of sp³-hybridized carbons (Fsp3) is 1.00. The van der Waals surface area contributed by atoms with Gasteiger partial charge < -0.3 is 4.90 Å². The molecule has 0 amide bonds. The summed E-state index contributed by atoms with van der Waals surface area (Å²) in [5.74, 6) is 0. The van der Waals surface area contributed by atoms with Gasteiger partial charge in [-0.15, -0.1) is 0 Å². The van der Waals surface area contributed by atoms with E-state index in [1.165, 1.54) is 0 Å². The fourth-order valence-electron chi connectivity index (χ4n) is 1.15. The molecule has 0 atom stereocenters. The van der Waals surface area contributed by atoms with Crippen LogP contribution in [0.25, 0.3) is 0 Å². The van der Waals surface area contributed by atoms with Crippen molar-refractivity contribution in [3.8, 4) is 0 Å². The van der Waals surface area contributed by atoms with Crippen molar-refractivity contribution in [2.24, 2.45) is 0 Å². The Morgan fingerprint density at radius 3 is 2.30 bits per heavy atom. The molecule has 0 spiro atoms. The average Bonchev–Trinajstić information content (AvgIpc) is 1.96. The summed E-state index contributed by atoms with van der Waals surface area (Å²) in [4.78, 5) is 2.02. The predicted octanol–water partition coefficient (Wildman–Crippen LogP) is 1.39. The van der Waals surface area contributed by atoms with Crippen molar-refractivity contribution in [3.63, 3.8) is 0 Å². The monoisotopic (exact) mass is 149 g/mol. The van der Waals surface area contributed by atoms with Crippen LogP contribution in [0.1, 0.15) is 12.8 Å². The normalized spacial score (nSPS) is 26.7. The summed E-state index contributed by atoms with van der Waals surface area (Å²) in [6, 6.07) is 0. The van der Waals surface area contributed by atoms with E-state index in [1.54, 1.807) is 0 Å². The SMILES string of the molecule is CN1CCC(F)(CF)CC1. The Morgan fingerprint density at radius 2 is 1.90 bits per heavy atom. The van der Waals surface area contributed by atoms with E-state index in [-0.39, 0.29) is 0 Å². The van der Waals surface area contributed by atoms with Crippen LogP contribution >= 0.6 is 0 Å². The van der Waals surface area contributed by atoms with E-state index >= 15 is 0 Å². The quantitative estimate of drug-likeness (QED) is 0.544. The molecule has 0 unspecified atom stereocenters. The number of hydrogen-bond acceptors (Lipinski definition) is 1. The van der Waals surface area contributed by atoms with Crippen molar-refractivity contribution in [1.29, 1.82) is 0 Å². The third-order valence-corrected chi connectivity index (χ3v) is 2.12. The number of halogens is 2. The standard InChI is InChI=1S/C7H13F2N/c1-10-4-2-7(9,6-8)3-5-10/h2-6H2,1H3. The summed E-state index contributed by atoms with van der Waals surface area (Å²) in [5, 5.41) is 0. The molecule has 0 radical (unpaired) electrons. The van der Waals surface area contributed by atoms with Crippen molar-refractivity contribution in [1.82, 2.24) is 4.90 Å². The first kappa shape index (κ1) is 7.92. The Labute approximate surface area is 60.0 Å².